The highest BCUT2D eigenvalue weighted by Gasteiger charge is 2.26. The van der Waals surface area contributed by atoms with Gasteiger partial charge in [-0.15, -0.1) is 0 Å². The van der Waals surface area contributed by atoms with Crippen LogP contribution in [0.3, 0.4) is 0 Å². The fraction of sp³-hybridized carbons (Fsp3) is 0.267. The maximum absolute atomic E-state index is 13.6. The third-order valence-electron chi connectivity index (χ3n) is 3.55. The summed E-state index contributed by atoms with van der Waals surface area (Å²) in [5.41, 5.74) is 0.351. The summed E-state index contributed by atoms with van der Waals surface area (Å²) in [7, 11) is 0. The number of hydrogen-bond donors (Lipinski definition) is 1. The first-order valence-electron chi connectivity index (χ1n) is 6.48. The lowest BCUT2D eigenvalue weighted by molar-refractivity contribution is 0.0923. The Morgan fingerprint density at radius 3 is 2.75 bits per heavy atom. The number of hydrogen-bond acceptors (Lipinski definition) is 2. The molecule has 0 bridgehead atoms. The van der Waals surface area contributed by atoms with Crippen molar-refractivity contribution in [2.45, 2.75) is 25.3 Å². The zero-order chi connectivity index (χ0) is 14.1. The average molecular weight is 277 g/mol. The van der Waals surface area contributed by atoms with Crippen molar-refractivity contribution in [2.24, 2.45) is 0 Å². The first kappa shape index (κ1) is 12.8. The summed E-state index contributed by atoms with van der Waals surface area (Å²) >= 11 is 0. The van der Waals surface area contributed by atoms with Gasteiger partial charge in [-0.25, -0.2) is 8.78 Å². The normalized spacial score (nSPS) is 17.6. The van der Waals surface area contributed by atoms with E-state index in [-0.39, 0.29) is 6.04 Å². The van der Waals surface area contributed by atoms with Crippen LogP contribution in [0.15, 0.2) is 34.9 Å². The molecule has 0 spiro atoms. The Balaban J connectivity index is 1.85. The molecule has 0 saturated heterocycles. The highest BCUT2D eigenvalue weighted by Crippen LogP contribution is 2.30. The molecule has 3 rings (SSSR count). The van der Waals surface area contributed by atoms with Crippen molar-refractivity contribution in [3.8, 4) is 0 Å². The molecule has 1 aromatic heterocycles. The molecular formula is C15H13F2NO2. The van der Waals surface area contributed by atoms with E-state index < -0.39 is 23.1 Å². The van der Waals surface area contributed by atoms with Crippen molar-refractivity contribution in [1.82, 2.24) is 5.32 Å². The van der Waals surface area contributed by atoms with Gasteiger partial charge < -0.3 is 9.73 Å². The Hall–Kier alpha value is -2.17. The Kier molecular flexibility index (Phi) is 3.26. The summed E-state index contributed by atoms with van der Waals surface area (Å²) in [6.45, 7) is 0. The number of carbonyl (C=O) groups excluding carboxylic acids is 1. The number of furan rings is 1. The van der Waals surface area contributed by atoms with Crippen LogP contribution in [0.1, 0.15) is 40.6 Å². The highest BCUT2D eigenvalue weighted by atomic mass is 19.1. The van der Waals surface area contributed by atoms with Gasteiger partial charge in [-0.05, 0) is 31.0 Å². The molecule has 0 fully saturated rings. The standard InChI is InChI=1S/C15H13F2NO2/c16-10-3-1-4-11(17)14(10)15(19)18-12-5-2-6-13-9(12)7-8-20-13/h1,3-4,7-8,12H,2,5-6H2,(H,18,19). The van der Waals surface area contributed by atoms with Gasteiger partial charge in [0.1, 0.15) is 23.0 Å². The van der Waals surface area contributed by atoms with Crippen LogP contribution in [0.4, 0.5) is 8.78 Å². The number of aryl methyl sites for hydroxylation is 1. The number of amides is 1. The van der Waals surface area contributed by atoms with Gasteiger partial charge in [-0.1, -0.05) is 6.07 Å². The minimum atomic E-state index is -0.856. The Morgan fingerprint density at radius 1 is 1.25 bits per heavy atom. The smallest absolute Gasteiger partial charge is 0.257 e. The van der Waals surface area contributed by atoms with Crippen LogP contribution >= 0.6 is 0 Å². The molecule has 1 aliphatic carbocycles. The summed E-state index contributed by atoms with van der Waals surface area (Å²) in [5.74, 6) is -1.62. The molecule has 1 heterocycles. The van der Waals surface area contributed by atoms with E-state index in [1.807, 2.05) is 0 Å². The predicted molar refractivity (Wildman–Crippen MR) is 68.2 cm³/mol. The van der Waals surface area contributed by atoms with E-state index >= 15 is 0 Å². The van der Waals surface area contributed by atoms with Crippen LogP contribution in [0.25, 0.3) is 0 Å². The number of rotatable bonds is 2. The summed E-state index contributed by atoms with van der Waals surface area (Å²) in [6, 6.07) is 4.90. The average Bonchev–Trinajstić information content (AvgIpc) is 2.88. The maximum atomic E-state index is 13.6. The van der Waals surface area contributed by atoms with Gasteiger partial charge in [0.2, 0.25) is 0 Å². The lowest BCUT2D eigenvalue weighted by Crippen LogP contribution is -2.31. The molecule has 0 aliphatic heterocycles. The Bertz CT molecular complexity index is 631. The summed E-state index contributed by atoms with van der Waals surface area (Å²) in [4.78, 5) is 12.1. The van der Waals surface area contributed by atoms with E-state index in [4.69, 9.17) is 4.42 Å². The van der Waals surface area contributed by atoms with Crippen LogP contribution in [0.5, 0.6) is 0 Å². The number of benzene rings is 1. The van der Waals surface area contributed by atoms with Crippen LogP contribution in [0, 0.1) is 11.6 Å². The molecule has 0 radical (unpaired) electrons. The minimum Gasteiger partial charge on any atom is -0.469 e. The van der Waals surface area contributed by atoms with Crippen LogP contribution < -0.4 is 5.32 Å². The second kappa shape index (κ2) is 5.07. The Labute approximate surface area is 114 Å². The molecular weight excluding hydrogens is 264 g/mol. The van der Waals surface area contributed by atoms with E-state index in [1.54, 1.807) is 12.3 Å². The lowest BCUT2D eigenvalue weighted by Gasteiger charge is -2.22. The molecule has 0 saturated carbocycles. The van der Waals surface area contributed by atoms with Crippen LogP contribution in [-0.2, 0) is 6.42 Å². The minimum absolute atomic E-state index is 0.260. The molecule has 1 unspecified atom stereocenters. The largest absolute Gasteiger partial charge is 0.469 e. The number of fused-ring (bicyclic) bond motifs is 1. The third kappa shape index (κ3) is 2.19. The number of halogens is 2. The zero-order valence-electron chi connectivity index (χ0n) is 10.7. The van der Waals surface area contributed by atoms with Gasteiger partial charge >= 0.3 is 0 Å². The fourth-order valence-electron chi connectivity index (χ4n) is 2.58. The van der Waals surface area contributed by atoms with Crippen molar-refractivity contribution in [1.29, 1.82) is 0 Å². The third-order valence-corrected chi connectivity index (χ3v) is 3.55. The highest BCUT2D eigenvalue weighted by molar-refractivity contribution is 5.95. The molecule has 1 N–H and O–H groups in total. The van der Waals surface area contributed by atoms with E-state index in [2.05, 4.69) is 5.32 Å². The second-order valence-corrected chi connectivity index (χ2v) is 4.81. The van der Waals surface area contributed by atoms with Crippen molar-refractivity contribution < 1.29 is 18.0 Å². The molecule has 5 heteroatoms. The van der Waals surface area contributed by atoms with E-state index in [0.29, 0.717) is 0 Å². The fourth-order valence-corrected chi connectivity index (χ4v) is 2.58. The lowest BCUT2D eigenvalue weighted by atomic mass is 9.93. The van der Waals surface area contributed by atoms with E-state index in [0.717, 1.165) is 42.7 Å². The zero-order valence-corrected chi connectivity index (χ0v) is 10.7. The van der Waals surface area contributed by atoms with Gasteiger partial charge in [0, 0.05) is 12.0 Å². The molecule has 1 aliphatic rings. The predicted octanol–water partition coefficient (Wildman–Crippen LogP) is 3.37. The molecule has 1 amide bonds. The second-order valence-electron chi connectivity index (χ2n) is 4.81. The molecule has 3 nitrogen and oxygen atoms in total. The van der Waals surface area contributed by atoms with Crippen molar-refractivity contribution in [2.75, 3.05) is 0 Å². The molecule has 20 heavy (non-hydrogen) atoms. The van der Waals surface area contributed by atoms with Crippen molar-refractivity contribution in [3.05, 3.63) is 59.1 Å². The maximum Gasteiger partial charge on any atom is 0.257 e. The van der Waals surface area contributed by atoms with E-state index in [1.165, 1.54) is 6.07 Å². The monoisotopic (exact) mass is 277 g/mol. The van der Waals surface area contributed by atoms with Gasteiger partial charge in [-0.3, -0.25) is 4.79 Å². The van der Waals surface area contributed by atoms with Crippen LogP contribution in [-0.4, -0.2) is 5.91 Å². The number of carbonyl (C=O) groups is 1. The van der Waals surface area contributed by atoms with Gasteiger partial charge in [0.15, 0.2) is 0 Å². The van der Waals surface area contributed by atoms with Gasteiger partial charge in [-0.2, -0.15) is 0 Å². The van der Waals surface area contributed by atoms with Crippen LogP contribution in [0.2, 0.25) is 0 Å². The first-order chi connectivity index (χ1) is 9.66. The summed E-state index contributed by atoms with van der Waals surface area (Å²) in [6.07, 6.45) is 3.99. The molecule has 1 atom stereocenters. The van der Waals surface area contributed by atoms with Gasteiger partial charge in [0.05, 0.1) is 12.3 Å². The SMILES string of the molecule is O=C(NC1CCCc2occc21)c1c(F)cccc1F. The summed E-state index contributed by atoms with van der Waals surface area (Å²) in [5, 5.41) is 2.68. The van der Waals surface area contributed by atoms with Crippen molar-refractivity contribution >= 4 is 5.91 Å². The molecule has 2 aromatic rings. The molecule has 104 valence electrons. The van der Waals surface area contributed by atoms with Crippen molar-refractivity contribution in [3.63, 3.8) is 0 Å². The first-order valence-corrected chi connectivity index (χ1v) is 6.48. The topological polar surface area (TPSA) is 42.2 Å². The Morgan fingerprint density at radius 2 is 2.00 bits per heavy atom. The number of nitrogens with one attached hydrogen (secondary N) is 1. The molecule has 1 aromatic carbocycles. The summed E-state index contributed by atoms with van der Waals surface area (Å²) < 4.78 is 32.5. The van der Waals surface area contributed by atoms with E-state index in [9.17, 15) is 13.6 Å². The quantitative estimate of drug-likeness (QED) is 0.914. The van der Waals surface area contributed by atoms with Gasteiger partial charge in [0.25, 0.3) is 5.91 Å².